The van der Waals surface area contributed by atoms with Crippen LogP contribution in [0.5, 0.6) is 0 Å². The van der Waals surface area contributed by atoms with Gasteiger partial charge in [-0.3, -0.25) is 15.2 Å². The van der Waals surface area contributed by atoms with Crippen molar-refractivity contribution in [1.82, 2.24) is 4.98 Å². The summed E-state index contributed by atoms with van der Waals surface area (Å²) in [6.07, 6.45) is 6.94. The molecule has 0 amide bonds. The molecular weight excluding hydrogens is 260 g/mol. The number of rotatable bonds is 3. The maximum absolute atomic E-state index is 11.5. The van der Waals surface area contributed by atoms with E-state index in [0.717, 1.165) is 41.9 Å². The largest absolute Gasteiger partial charge is 0.469 e. The Morgan fingerprint density at radius 2 is 2.00 bits per heavy atom. The molecule has 0 spiro atoms. The zero-order valence-corrected chi connectivity index (χ0v) is 11.9. The maximum Gasteiger partial charge on any atom is 0.308 e. The summed E-state index contributed by atoms with van der Waals surface area (Å²) in [7, 11) is 1.44. The van der Waals surface area contributed by atoms with Gasteiger partial charge >= 0.3 is 5.97 Å². The predicted molar refractivity (Wildman–Crippen MR) is 75.0 cm³/mol. The van der Waals surface area contributed by atoms with E-state index in [1.54, 1.807) is 12.4 Å². The predicted octanol–water partition coefficient (Wildman–Crippen LogP) is 0.898. The molecule has 0 aromatic carbocycles. The Hall–Kier alpha value is -1.36. The van der Waals surface area contributed by atoms with Crippen molar-refractivity contribution in [1.29, 1.82) is 0 Å². The van der Waals surface area contributed by atoms with Gasteiger partial charge in [0.2, 0.25) is 0 Å². The molecule has 5 heteroatoms. The molecule has 1 aliphatic rings. The second kappa shape index (κ2) is 6.19. The molecule has 102 valence electrons. The number of ether oxygens (including phenoxy) is 1. The van der Waals surface area contributed by atoms with E-state index in [1.165, 1.54) is 7.11 Å². The van der Waals surface area contributed by atoms with E-state index >= 15 is 0 Å². The van der Waals surface area contributed by atoms with Crippen molar-refractivity contribution >= 4 is 24.3 Å². The average molecular weight is 279 g/mol. The molecule has 19 heavy (non-hydrogen) atoms. The molecule has 1 saturated carbocycles. The Bertz CT molecular complexity index is 482. The smallest absolute Gasteiger partial charge is 0.308 e. The highest BCUT2D eigenvalue weighted by Crippen LogP contribution is 2.31. The fourth-order valence-electron chi connectivity index (χ4n) is 2.66. The number of aromatic nitrogens is 1. The third-order valence-corrected chi connectivity index (χ3v) is 4.17. The molecule has 2 N–H and O–H groups in total. The third-order valence-electron chi connectivity index (χ3n) is 3.81. The normalized spacial score (nSPS) is 22.8. The summed E-state index contributed by atoms with van der Waals surface area (Å²) in [5.74, 6) is 0.243. The molecule has 0 bridgehead atoms. The summed E-state index contributed by atoms with van der Waals surface area (Å²) in [6.45, 7) is 0. The molecule has 1 heterocycles. The van der Waals surface area contributed by atoms with E-state index in [-0.39, 0.29) is 11.9 Å². The van der Waals surface area contributed by atoms with Gasteiger partial charge in [0.25, 0.3) is 0 Å². The van der Waals surface area contributed by atoms with Gasteiger partial charge in [0.05, 0.1) is 18.6 Å². The van der Waals surface area contributed by atoms with E-state index in [2.05, 4.69) is 17.6 Å². The Morgan fingerprint density at radius 1 is 1.37 bits per heavy atom. The number of esters is 1. The van der Waals surface area contributed by atoms with Crippen LogP contribution in [0, 0.1) is 11.8 Å². The van der Waals surface area contributed by atoms with Gasteiger partial charge in [-0.2, -0.15) is 0 Å². The first-order valence-corrected chi connectivity index (χ1v) is 6.91. The molecule has 1 fully saturated rings. The molecule has 2 rings (SSSR count). The van der Waals surface area contributed by atoms with Crippen LogP contribution in [0.4, 0.5) is 0 Å². The second-order valence-corrected chi connectivity index (χ2v) is 5.40. The number of hydrogen-bond donors (Lipinski definition) is 2. The third kappa shape index (κ3) is 3.15. The number of thiol groups is 1. The molecule has 1 aromatic heterocycles. The first-order valence-electron chi connectivity index (χ1n) is 6.47. The molecule has 0 atom stereocenters. The Kier molecular flexibility index (Phi) is 4.58. The van der Waals surface area contributed by atoms with Crippen LogP contribution in [0.3, 0.4) is 0 Å². The molecule has 0 unspecified atom stereocenters. The molecule has 0 radical (unpaired) electrons. The summed E-state index contributed by atoms with van der Waals surface area (Å²) in [4.78, 5) is 16.3. The van der Waals surface area contributed by atoms with Gasteiger partial charge < -0.3 is 4.74 Å². The van der Waals surface area contributed by atoms with Gasteiger partial charge in [-0.25, -0.2) is 0 Å². The lowest BCUT2D eigenvalue weighted by Crippen LogP contribution is -2.46. The number of pyridine rings is 1. The molecule has 1 aliphatic carbocycles. The zero-order chi connectivity index (χ0) is 13.8. The number of carbonyl (C=O) groups excluding carboxylic acids is 1. The van der Waals surface area contributed by atoms with Crippen LogP contribution in [-0.2, 0) is 9.53 Å². The SMILES string of the molecule is COC(=O)C1CCC(C(=[NH2+])c2ccncc2S)CC1. The standard InChI is InChI=1S/C14H18N2O2S/c1-18-14(17)10-4-2-9(3-5-10)13(15)11-6-7-16-8-12(11)19/h6-10,15,19H,2-5H2,1H3/p+1. The first kappa shape index (κ1) is 14.1. The lowest BCUT2D eigenvalue weighted by atomic mass is 9.78. The molecular formula is C14H19N2O2S+. The van der Waals surface area contributed by atoms with Gasteiger partial charge in [0, 0.05) is 23.2 Å². The summed E-state index contributed by atoms with van der Waals surface area (Å²) in [5, 5.41) is 6.25. The highest BCUT2D eigenvalue weighted by molar-refractivity contribution is 7.80. The van der Waals surface area contributed by atoms with Crippen LogP contribution in [-0.4, -0.2) is 23.8 Å². The van der Waals surface area contributed by atoms with Gasteiger partial charge in [0.15, 0.2) is 5.71 Å². The Morgan fingerprint density at radius 3 is 2.58 bits per heavy atom. The fourth-order valence-corrected chi connectivity index (χ4v) is 2.93. The van der Waals surface area contributed by atoms with Crippen molar-refractivity contribution in [2.24, 2.45) is 11.8 Å². The van der Waals surface area contributed by atoms with Crippen LogP contribution in [0.15, 0.2) is 23.4 Å². The minimum absolute atomic E-state index is 0.0296. The van der Waals surface area contributed by atoms with Crippen LogP contribution in [0.25, 0.3) is 0 Å². The van der Waals surface area contributed by atoms with Crippen LogP contribution in [0.2, 0.25) is 0 Å². The van der Waals surface area contributed by atoms with Gasteiger partial charge in [-0.1, -0.05) is 0 Å². The Labute approximate surface area is 118 Å². The number of hydrogen-bond acceptors (Lipinski definition) is 4. The van der Waals surface area contributed by atoms with Crippen molar-refractivity contribution in [3.8, 4) is 0 Å². The van der Waals surface area contributed by atoms with Crippen LogP contribution in [0.1, 0.15) is 31.2 Å². The topological polar surface area (TPSA) is 64.8 Å². The lowest BCUT2D eigenvalue weighted by Gasteiger charge is -2.25. The molecule has 0 aliphatic heterocycles. The minimum Gasteiger partial charge on any atom is -0.469 e. The van der Waals surface area contributed by atoms with Crippen molar-refractivity contribution in [2.45, 2.75) is 30.6 Å². The fraction of sp³-hybridized carbons (Fsp3) is 0.500. The van der Waals surface area contributed by atoms with Crippen molar-refractivity contribution in [2.75, 3.05) is 7.11 Å². The van der Waals surface area contributed by atoms with E-state index in [0.29, 0.717) is 5.92 Å². The summed E-state index contributed by atoms with van der Waals surface area (Å²) in [5.41, 5.74) is 1.82. The molecule has 0 saturated heterocycles. The van der Waals surface area contributed by atoms with E-state index < -0.39 is 0 Å². The summed E-state index contributed by atoms with van der Waals surface area (Å²) >= 11 is 4.38. The minimum atomic E-state index is -0.101. The van der Waals surface area contributed by atoms with Gasteiger partial charge in [0.1, 0.15) is 0 Å². The number of methoxy groups -OCH3 is 1. The first-order chi connectivity index (χ1) is 9.13. The molecule has 1 aromatic rings. The molecule has 4 nitrogen and oxygen atoms in total. The van der Waals surface area contributed by atoms with Crippen LogP contribution < -0.4 is 5.41 Å². The van der Waals surface area contributed by atoms with Crippen molar-refractivity contribution in [3.63, 3.8) is 0 Å². The highest BCUT2D eigenvalue weighted by Gasteiger charge is 2.32. The Balaban J connectivity index is 2.00. The monoisotopic (exact) mass is 279 g/mol. The van der Waals surface area contributed by atoms with Crippen LogP contribution >= 0.6 is 12.6 Å². The van der Waals surface area contributed by atoms with E-state index in [9.17, 15) is 4.79 Å². The quantitative estimate of drug-likeness (QED) is 0.491. The maximum atomic E-state index is 11.5. The highest BCUT2D eigenvalue weighted by atomic mass is 32.1. The second-order valence-electron chi connectivity index (χ2n) is 4.92. The van der Waals surface area contributed by atoms with Crippen molar-refractivity contribution in [3.05, 3.63) is 24.0 Å². The lowest BCUT2D eigenvalue weighted by molar-refractivity contribution is -0.147. The summed E-state index contributed by atoms with van der Waals surface area (Å²) in [6, 6.07) is 1.89. The van der Waals surface area contributed by atoms with Crippen molar-refractivity contribution < 1.29 is 14.9 Å². The summed E-state index contributed by atoms with van der Waals surface area (Å²) < 4.78 is 4.79. The van der Waals surface area contributed by atoms with E-state index in [4.69, 9.17) is 10.1 Å². The number of carbonyl (C=O) groups is 1. The zero-order valence-electron chi connectivity index (χ0n) is 11.0. The average Bonchev–Trinajstić information content (AvgIpc) is 2.46. The van der Waals surface area contributed by atoms with Gasteiger partial charge in [-0.15, -0.1) is 12.6 Å². The van der Waals surface area contributed by atoms with Gasteiger partial charge in [-0.05, 0) is 31.7 Å². The number of nitrogens with two attached hydrogens (primary N) is 1. The van der Waals surface area contributed by atoms with E-state index in [1.807, 2.05) is 6.07 Å². The number of nitrogens with zero attached hydrogens (tertiary/aromatic N) is 1.